The number of hydrogen-bond donors (Lipinski definition) is 0. The molecule has 0 aliphatic carbocycles. The molecule has 0 spiro atoms. The maximum absolute atomic E-state index is 8.77. The van der Waals surface area contributed by atoms with Gasteiger partial charge in [0.2, 0.25) is 6.17 Å². The summed E-state index contributed by atoms with van der Waals surface area (Å²) in [5.74, 6) is 0. The maximum Gasteiger partial charge on any atom is 1.00 e. The molecule has 0 amide bonds. The summed E-state index contributed by atoms with van der Waals surface area (Å²) < 4.78 is 0. The van der Waals surface area contributed by atoms with E-state index in [1.165, 1.54) is 12.1 Å². The quantitative estimate of drug-likeness (QED) is 0.410. The molecule has 0 unspecified atom stereocenters. The second kappa shape index (κ2) is 4.60. The van der Waals surface area contributed by atoms with E-state index in [2.05, 4.69) is 9.98 Å². The Balaban J connectivity index is 0.00000128. The van der Waals surface area contributed by atoms with Crippen molar-refractivity contribution in [1.29, 1.82) is 15.8 Å². The van der Waals surface area contributed by atoms with E-state index in [9.17, 15) is 0 Å². The number of rotatable bonds is 0. The molecule has 6 heteroatoms. The van der Waals surface area contributed by atoms with Crippen molar-refractivity contribution in [3.05, 3.63) is 34.0 Å². The molecule has 0 fully saturated rings. The normalized spacial score (nSPS) is 11.8. The summed E-state index contributed by atoms with van der Waals surface area (Å²) in [6.07, 6.45) is -0.750. The third-order valence-electron chi connectivity index (χ3n) is 1.99. The monoisotopic (exact) mass is 201 g/mol. The molecule has 1 aromatic rings. The van der Waals surface area contributed by atoms with Crippen molar-refractivity contribution in [2.24, 2.45) is 9.98 Å². The first-order valence-electron chi connectivity index (χ1n) is 4.08. The molecule has 1 aromatic carbocycles. The summed E-state index contributed by atoms with van der Waals surface area (Å²) in [5, 5.41) is 27.1. The van der Waals surface area contributed by atoms with E-state index in [-0.39, 0.29) is 31.4 Å². The van der Waals surface area contributed by atoms with Crippen LogP contribution in [-0.2, 0) is 0 Å². The number of hydrogen-bond acceptors (Lipinski definition) is 5. The molecule has 0 bridgehead atoms. The Hall–Kier alpha value is -2.11. The SMILES string of the molecule is N#Cc1cc2c(cc1C#N)=NC(C#N)N=2.[H-].[Li+]. The van der Waals surface area contributed by atoms with Crippen LogP contribution in [0.5, 0.6) is 0 Å². The Morgan fingerprint density at radius 3 is 1.75 bits per heavy atom. The van der Waals surface area contributed by atoms with Gasteiger partial charge in [-0.2, -0.15) is 15.8 Å². The van der Waals surface area contributed by atoms with Crippen molar-refractivity contribution in [3.63, 3.8) is 0 Å². The van der Waals surface area contributed by atoms with Gasteiger partial charge in [-0.3, -0.25) is 0 Å². The van der Waals surface area contributed by atoms with E-state index in [1.54, 1.807) is 0 Å². The van der Waals surface area contributed by atoms with Gasteiger partial charge in [-0.15, -0.1) is 0 Å². The van der Waals surface area contributed by atoms with Crippen LogP contribution >= 0.6 is 0 Å². The largest absolute Gasteiger partial charge is 1.00 e. The van der Waals surface area contributed by atoms with E-state index in [0.717, 1.165) is 0 Å². The van der Waals surface area contributed by atoms with Crippen molar-refractivity contribution in [1.82, 2.24) is 0 Å². The molecule has 5 nitrogen and oxygen atoms in total. The van der Waals surface area contributed by atoms with Crippen LogP contribution in [0.2, 0.25) is 0 Å². The minimum atomic E-state index is -0.750. The molecule has 1 heterocycles. The average Bonchev–Trinajstić information content (AvgIpc) is 2.68. The standard InChI is InChI=1S/C10H3N5.Li.H/c11-3-6-1-8-9(2-7(6)4-12)15-10(5-13)14-8;;/h1-2,10H;;/q;+1;-1. The zero-order valence-electron chi connectivity index (χ0n) is 9.47. The van der Waals surface area contributed by atoms with Crippen molar-refractivity contribution in [3.8, 4) is 18.2 Å². The van der Waals surface area contributed by atoms with Gasteiger partial charge in [-0.05, 0) is 12.1 Å². The van der Waals surface area contributed by atoms with E-state index < -0.39 is 6.17 Å². The van der Waals surface area contributed by atoms with Gasteiger partial charge in [-0.25, -0.2) is 9.98 Å². The first-order valence-corrected chi connectivity index (χ1v) is 4.08. The van der Waals surface area contributed by atoms with Crippen LogP contribution in [0, 0.1) is 34.0 Å². The first kappa shape index (κ1) is 12.0. The first-order chi connectivity index (χ1) is 7.28. The zero-order chi connectivity index (χ0) is 10.8. The Labute approximate surface area is 105 Å². The minimum Gasteiger partial charge on any atom is -1.00 e. The molecular weight excluding hydrogens is 197 g/mol. The summed E-state index contributed by atoms with van der Waals surface area (Å²) in [7, 11) is 0. The maximum atomic E-state index is 8.77. The van der Waals surface area contributed by atoms with Gasteiger partial charge in [0, 0.05) is 0 Å². The minimum absolute atomic E-state index is 0. The fraction of sp³-hybridized carbons (Fsp3) is 0.100. The third kappa shape index (κ3) is 1.81. The Morgan fingerprint density at radius 2 is 1.44 bits per heavy atom. The second-order valence-corrected chi connectivity index (χ2v) is 2.87. The van der Waals surface area contributed by atoms with Crippen molar-refractivity contribution in [2.45, 2.75) is 6.17 Å². The molecule has 0 N–H and O–H groups in total. The molecular formula is C10H4LiN5. The van der Waals surface area contributed by atoms with Crippen LogP contribution in [0.1, 0.15) is 12.6 Å². The van der Waals surface area contributed by atoms with Crippen LogP contribution in [0.15, 0.2) is 22.1 Å². The Morgan fingerprint density at radius 1 is 1.00 bits per heavy atom. The predicted molar refractivity (Wildman–Crippen MR) is 48.7 cm³/mol. The van der Waals surface area contributed by atoms with Crippen LogP contribution in [0.25, 0.3) is 0 Å². The van der Waals surface area contributed by atoms with Gasteiger partial charge in [0.05, 0.1) is 21.8 Å². The number of fused-ring (bicyclic) bond motifs is 1. The van der Waals surface area contributed by atoms with Gasteiger partial charge in [-0.1, -0.05) is 0 Å². The molecule has 0 atom stereocenters. The predicted octanol–water partition coefficient (Wildman–Crippen LogP) is -3.35. The van der Waals surface area contributed by atoms with Gasteiger partial charge in [0.15, 0.2) is 0 Å². The molecule has 0 aromatic heterocycles. The number of nitriles is 3. The average molecular weight is 201 g/mol. The fourth-order valence-corrected chi connectivity index (χ4v) is 1.32. The summed E-state index contributed by atoms with van der Waals surface area (Å²) in [5.41, 5.74) is 0.516. The third-order valence-corrected chi connectivity index (χ3v) is 1.99. The van der Waals surface area contributed by atoms with Crippen LogP contribution in [-0.4, -0.2) is 6.17 Å². The second-order valence-electron chi connectivity index (χ2n) is 2.87. The molecule has 16 heavy (non-hydrogen) atoms. The Bertz CT molecular complexity index is 624. The van der Waals surface area contributed by atoms with Crippen LogP contribution < -0.4 is 29.6 Å². The van der Waals surface area contributed by atoms with Crippen LogP contribution in [0.3, 0.4) is 0 Å². The number of nitrogens with zero attached hydrogens (tertiary/aromatic N) is 5. The molecule has 2 rings (SSSR count). The van der Waals surface area contributed by atoms with E-state index in [4.69, 9.17) is 15.8 Å². The van der Waals surface area contributed by atoms with E-state index >= 15 is 0 Å². The summed E-state index contributed by atoms with van der Waals surface area (Å²) >= 11 is 0. The molecule has 0 saturated carbocycles. The number of benzene rings is 1. The smallest absolute Gasteiger partial charge is 1.00 e. The van der Waals surface area contributed by atoms with Gasteiger partial charge < -0.3 is 1.43 Å². The van der Waals surface area contributed by atoms with Gasteiger partial charge in [0.25, 0.3) is 0 Å². The molecule has 70 valence electrons. The van der Waals surface area contributed by atoms with Crippen molar-refractivity contribution >= 4 is 0 Å². The van der Waals surface area contributed by atoms with Crippen LogP contribution in [0.4, 0.5) is 0 Å². The summed E-state index contributed by atoms with van der Waals surface area (Å²) in [6.45, 7) is 0. The van der Waals surface area contributed by atoms with E-state index in [1.807, 2.05) is 18.2 Å². The summed E-state index contributed by atoms with van der Waals surface area (Å²) in [4.78, 5) is 7.93. The summed E-state index contributed by atoms with van der Waals surface area (Å²) in [6, 6.07) is 8.65. The molecule has 1 aliphatic rings. The molecule has 0 saturated heterocycles. The molecule has 0 radical (unpaired) electrons. The Kier molecular flexibility index (Phi) is 3.44. The van der Waals surface area contributed by atoms with Crippen molar-refractivity contribution in [2.75, 3.05) is 0 Å². The fourth-order valence-electron chi connectivity index (χ4n) is 1.32. The van der Waals surface area contributed by atoms with Gasteiger partial charge >= 0.3 is 18.9 Å². The zero-order valence-corrected chi connectivity index (χ0v) is 8.47. The van der Waals surface area contributed by atoms with Gasteiger partial charge in [0.1, 0.15) is 18.2 Å². The van der Waals surface area contributed by atoms with Crippen molar-refractivity contribution < 1.29 is 20.3 Å². The van der Waals surface area contributed by atoms with E-state index in [0.29, 0.717) is 10.7 Å². The topological polar surface area (TPSA) is 96.1 Å². The molecule has 1 aliphatic heterocycles.